The van der Waals surface area contributed by atoms with Gasteiger partial charge in [0.1, 0.15) is 0 Å². The van der Waals surface area contributed by atoms with Crippen LogP contribution in [0.4, 0.5) is 0 Å². The van der Waals surface area contributed by atoms with Gasteiger partial charge >= 0.3 is 0 Å². The van der Waals surface area contributed by atoms with Crippen LogP contribution < -0.4 is 11.0 Å². The van der Waals surface area contributed by atoms with Crippen LogP contribution in [0.5, 0.6) is 0 Å². The molecule has 1 amide bonds. The third-order valence-electron chi connectivity index (χ3n) is 4.14. The molecule has 0 saturated heterocycles. The molecule has 5 nitrogen and oxygen atoms in total. The number of para-hydroxylation sites is 1. The van der Waals surface area contributed by atoms with E-state index in [0.29, 0.717) is 5.56 Å². The molecule has 0 radical (unpaired) electrons. The molecule has 0 unspecified atom stereocenters. The lowest BCUT2D eigenvalue weighted by Gasteiger charge is -2.19. The first-order chi connectivity index (χ1) is 10.7. The van der Waals surface area contributed by atoms with E-state index in [-0.39, 0.29) is 17.4 Å². The van der Waals surface area contributed by atoms with E-state index >= 15 is 0 Å². The molecule has 5 heteroatoms. The van der Waals surface area contributed by atoms with Gasteiger partial charge in [0.2, 0.25) is 5.91 Å². The number of benzene rings is 1. The summed E-state index contributed by atoms with van der Waals surface area (Å²) >= 11 is 0. The topological polar surface area (TPSA) is 74.3 Å². The third kappa shape index (κ3) is 3.24. The summed E-state index contributed by atoms with van der Waals surface area (Å²) in [6, 6.07) is 9.32. The summed E-state index contributed by atoms with van der Waals surface area (Å²) in [5, 5.41) is 4.87. The minimum atomic E-state index is -0.214. The first-order valence-corrected chi connectivity index (χ1v) is 7.69. The molecular formula is C17H19N3O2. The van der Waals surface area contributed by atoms with Gasteiger partial charge in [-0.1, -0.05) is 37.5 Å². The molecule has 1 heterocycles. The molecule has 0 atom stereocenters. The Labute approximate surface area is 128 Å². The molecule has 1 aromatic heterocycles. The van der Waals surface area contributed by atoms with E-state index in [2.05, 4.69) is 15.5 Å². The standard InChI is InChI=1S/C17H19N3O2/c21-16-14(10-13-8-4-5-9-15(13)19-16)11-18-20-17(22)12-6-2-1-3-7-12/h4-5,8-12H,1-3,6-7H2,(H,19,21)(H,20,22). The molecule has 1 fully saturated rings. The maximum atomic E-state index is 12.0. The van der Waals surface area contributed by atoms with Crippen molar-refractivity contribution in [3.63, 3.8) is 0 Å². The molecule has 0 spiro atoms. The van der Waals surface area contributed by atoms with Gasteiger partial charge in [-0.05, 0) is 30.4 Å². The van der Waals surface area contributed by atoms with Crippen molar-refractivity contribution in [3.05, 3.63) is 46.2 Å². The van der Waals surface area contributed by atoms with Crippen LogP contribution in [0.2, 0.25) is 0 Å². The van der Waals surface area contributed by atoms with Gasteiger partial charge in [0.25, 0.3) is 5.56 Å². The fraction of sp³-hybridized carbons (Fsp3) is 0.353. The molecule has 1 aromatic carbocycles. The highest BCUT2D eigenvalue weighted by Crippen LogP contribution is 2.23. The number of fused-ring (bicyclic) bond motifs is 1. The SMILES string of the molecule is O=C(NN=Cc1cc2ccccc2[nH]c1=O)C1CCCCC1. The summed E-state index contributed by atoms with van der Waals surface area (Å²) in [6.45, 7) is 0. The number of rotatable bonds is 3. The molecule has 22 heavy (non-hydrogen) atoms. The predicted octanol–water partition coefficient (Wildman–Crippen LogP) is 2.56. The second kappa shape index (κ2) is 6.56. The quantitative estimate of drug-likeness (QED) is 0.675. The lowest BCUT2D eigenvalue weighted by Crippen LogP contribution is -2.28. The number of carbonyl (C=O) groups excluding carboxylic acids is 1. The van der Waals surface area contributed by atoms with Crippen LogP contribution in [0, 0.1) is 5.92 Å². The molecule has 0 bridgehead atoms. The molecule has 1 aliphatic carbocycles. The Hall–Kier alpha value is -2.43. The second-order valence-electron chi connectivity index (χ2n) is 5.71. The van der Waals surface area contributed by atoms with Crippen molar-refractivity contribution in [2.45, 2.75) is 32.1 Å². The van der Waals surface area contributed by atoms with Crippen LogP contribution in [-0.4, -0.2) is 17.1 Å². The Morgan fingerprint density at radius 1 is 1.23 bits per heavy atom. The third-order valence-corrected chi connectivity index (χ3v) is 4.14. The number of amides is 1. The molecule has 1 aliphatic rings. The first-order valence-electron chi connectivity index (χ1n) is 7.69. The zero-order valence-corrected chi connectivity index (χ0v) is 12.3. The van der Waals surface area contributed by atoms with Crippen LogP contribution in [0.1, 0.15) is 37.7 Å². The molecular weight excluding hydrogens is 278 g/mol. The number of nitrogens with one attached hydrogen (secondary N) is 2. The number of pyridine rings is 1. The Balaban J connectivity index is 1.71. The number of aromatic amines is 1. The fourth-order valence-corrected chi connectivity index (χ4v) is 2.88. The summed E-state index contributed by atoms with van der Waals surface area (Å²) < 4.78 is 0. The van der Waals surface area contributed by atoms with Crippen LogP contribution in [-0.2, 0) is 4.79 Å². The number of hydrogen-bond donors (Lipinski definition) is 2. The van der Waals surface area contributed by atoms with Crippen molar-refractivity contribution >= 4 is 23.0 Å². The highest BCUT2D eigenvalue weighted by Gasteiger charge is 2.20. The van der Waals surface area contributed by atoms with Gasteiger partial charge in [-0.3, -0.25) is 9.59 Å². The average Bonchev–Trinajstić information content (AvgIpc) is 2.56. The molecule has 2 N–H and O–H groups in total. The van der Waals surface area contributed by atoms with E-state index < -0.39 is 0 Å². The summed E-state index contributed by atoms with van der Waals surface area (Å²) in [5.74, 6) is 0.00829. The Kier molecular flexibility index (Phi) is 4.32. The monoisotopic (exact) mass is 297 g/mol. The van der Waals surface area contributed by atoms with Crippen LogP contribution in [0.3, 0.4) is 0 Å². The number of hydrazone groups is 1. The van der Waals surface area contributed by atoms with E-state index in [1.807, 2.05) is 24.3 Å². The van der Waals surface area contributed by atoms with Gasteiger partial charge in [0.05, 0.1) is 11.8 Å². The zero-order chi connectivity index (χ0) is 15.4. The first kappa shape index (κ1) is 14.5. The van der Waals surface area contributed by atoms with Crippen molar-refractivity contribution in [1.29, 1.82) is 0 Å². The van der Waals surface area contributed by atoms with Gasteiger partial charge < -0.3 is 4.98 Å². The van der Waals surface area contributed by atoms with Gasteiger partial charge in [0.15, 0.2) is 0 Å². The Bertz CT molecular complexity index is 758. The second-order valence-corrected chi connectivity index (χ2v) is 5.71. The molecule has 3 rings (SSSR count). The van der Waals surface area contributed by atoms with E-state index in [1.54, 1.807) is 6.07 Å². The molecule has 1 saturated carbocycles. The normalized spacial score (nSPS) is 16.2. The Morgan fingerprint density at radius 3 is 2.82 bits per heavy atom. The maximum absolute atomic E-state index is 12.0. The van der Waals surface area contributed by atoms with E-state index in [1.165, 1.54) is 12.6 Å². The van der Waals surface area contributed by atoms with Crippen LogP contribution in [0.25, 0.3) is 10.9 Å². The minimum Gasteiger partial charge on any atom is -0.321 e. The predicted molar refractivity (Wildman–Crippen MR) is 86.9 cm³/mol. The van der Waals surface area contributed by atoms with Gasteiger partial charge in [-0.2, -0.15) is 5.10 Å². The van der Waals surface area contributed by atoms with Crippen molar-refractivity contribution in [3.8, 4) is 0 Å². The smallest absolute Gasteiger partial charge is 0.257 e. The number of carbonyl (C=O) groups is 1. The zero-order valence-electron chi connectivity index (χ0n) is 12.3. The van der Waals surface area contributed by atoms with Crippen molar-refractivity contribution in [2.75, 3.05) is 0 Å². The van der Waals surface area contributed by atoms with Crippen molar-refractivity contribution in [2.24, 2.45) is 11.0 Å². The Morgan fingerprint density at radius 2 is 2.00 bits per heavy atom. The molecule has 2 aromatic rings. The summed E-state index contributed by atoms with van der Waals surface area (Å²) in [5.41, 5.74) is 3.56. The summed E-state index contributed by atoms with van der Waals surface area (Å²) in [7, 11) is 0. The minimum absolute atomic E-state index is 0.0480. The van der Waals surface area contributed by atoms with Crippen molar-refractivity contribution in [1.82, 2.24) is 10.4 Å². The average molecular weight is 297 g/mol. The van der Waals surface area contributed by atoms with Crippen molar-refractivity contribution < 1.29 is 4.79 Å². The van der Waals surface area contributed by atoms with E-state index in [4.69, 9.17) is 0 Å². The number of hydrogen-bond acceptors (Lipinski definition) is 3. The van der Waals surface area contributed by atoms with Crippen LogP contribution in [0.15, 0.2) is 40.2 Å². The van der Waals surface area contributed by atoms with Crippen LogP contribution >= 0.6 is 0 Å². The fourth-order valence-electron chi connectivity index (χ4n) is 2.88. The number of nitrogens with zero attached hydrogens (tertiary/aromatic N) is 1. The van der Waals surface area contributed by atoms with Gasteiger partial charge in [-0.25, -0.2) is 5.43 Å². The number of aromatic nitrogens is 1. The largest absolute Gasteiger partial charge is 0.321 e. The van der Waals surface area contributed by atoms with Gasteiger partial charge in [0, 0.05) is 11.4 Å². The van der Waals surface area contributed by atoms with E-state index in [0.717, 1.165) is 36.6 Å². The highest BCUT2D eigenvalue weighted by atomic mass is 16.2. The lowest BCUT2D eigenvalue weighted by molar-refractivity contribution is -0.125. The maximum Gasteiger partial charge on any atom is 0.257 e. The lowest BCUT2D eigenvalue weighted by atomic mass is 9.89. The number of H-pyrrole nitrogens is 1. The molecule has 114 valence electrons. The van der Waals surface area contributed by atoms with E-state index in [9.17, 15) is 9.59 Å². The molecule has 0 aliphatic heterocycles. The summed E-state index contributed by atoms with van der Waals surface area (Å²) in [4.78, 5) is 26.7. The van der Waals surface area contributed by atoms with Gasteiger partial charge in [-0.15, -0.1) is 0 Å². The highest BCUT2D eigenvalue weighted by molar-refractivity contribution is 5.88. The summed E-state index contributed by atoms with van der Waals surface area (Å²) in [6.07, 6.45) is 6.68.